The second-order valence-corrected chi connectivity index (χ2v) is 27.0. The zero-order valence-corrected chi connectivity index (χ0v) is 33.3. The van der Waals surface area contributed by atoms with Gasteiger partial charge in [-0.3, -0.25) is 9.59 Å². The Morgan fingerprint density at radius 3 is 1.13 bits per heavy atom. The molecule has 2 atom stereocenters. The maximum Gasteiger partial charge on any atom is 0.182 e. The van der Waals surface area contributed by atoms with E-state index < -0.39 is 27.5 Å². The number of hydrogen-bond donors (Lipinski definition) is 0. The molecule has 2 rings (SSSR count). The predicted octanol–water partition coefficient (Wildman–Crippen LogP) is 10.7. The molecule has 0 fully saturated rings. The molecule has 0 spiro atoms. The lowest BCUT2D eigenvalue weighted by Gasteiger charge is -2.50. The van der Waals surface area contributed by atoms with Crippen LogP contribution in [0.1, 0.15) is 115 Å². The average Bonchev–Trinajstić information content (AvgIpc) is 2.91. The first kappa shape index (κ1) is 39.0. The van der Waals surface area contributed by atoms with Crippen LogP contribution < -0.4 is 9.47 Å². The highest BCUT2D eigenvalue weighted by Crippen LogP contribution is 2.49. The molecule has 0 radical (unpaired) electrons. The van der Waals surface area contributed by atoms with Crippen LogP contribution in [-0.4, -0.2) is 42.4 Å². The Morgan fingerprint density at radius 2 is 0.889 bits per heavy atom. The highest BCUT2D eigenvalue weighted by Gasteiger charge is 2.51. The number of aryl methyl sites for hydroxylation is 2. The smallest absolute Gasteiger partial charge is 0.182 e. The average molecular weight is 655 g/mol. The van der Waals surface area contributed by atoms with Crippen molar-refractivity contribution in [1.82, 2.24) is 0 Å². The monoisotopic (exact) mass is 654 g/mol. The van der Waals surface area contributed by atoms with E-state index in [1.807, 2.05) is 77.9 Å². The fraction of sp³-hybridized carbons (Fsp3) is 0.632. The SMILES string of the molecule is COc1ccc(C(=O)C(C)(C)C)cc1CC[Si](C)(O[Si](C)(CCc1cc(C(=O)C(C)(C)C)ccc1OC)C(C)(C)C)C(C)(C)C. The van der Waals surface area contributed by atoms with Crippen molar-refractivity contribution in [3.05, 3.63) is 58.7 Å². The van der Waals surface area contributed by atoms with Gasteiger partial charge < -0.3 is 13.6 Å². The van der Waals surface area contributed by atoms with E-state index in [2.05, 4.69) is 54.6 Å². The van der Waals surface area contributed by atoms with Crippen LogP contribution in [-0.2, 0) is 17.0 Å². The molecule has 2 aromatic carbocycles. The van der Waals surface area contributed by atoms with Crippen LogP contribution in [0.3, 0.4) is 0 Å². The minimum absolute atomic E-state index is 0.0185. The van der Waals surface area contributed by atoms with Gasteiger partial charge in [0, 0.05) is 22.0 Å². The predicted molar refractivity (Wildman–Crippen MR) is 194 cm³/mol. The first-order chi connectivity index (χ1) is 20.3. The summed E-state index contributed by atoms with van der Waals surface area (Å²) in [6.07, 6.45) is 1.57. The molecule has 0 saturated carbocycles. The minimum Gasteiger partial charge on any atom is -0.496 e. The molecule has 0 amide bonds. The number of hydrogen-bond acceptors (Lipinski definition) is 5. The molecule has 0 aliphatic rings. The highest BCUT2D eigenvalue weighted by molar-refractivity contribution is 6.88. The molecule has 0 aromatic heterocycles. The zero-order valence-electron chi connectivity index (χ0n) is 31.3. The summed E-state index contributed by atoms with van der Waals surface area (Å²) in [6, 6.07) is 13.5. The fourth-order valence-electron chi connectivity index (χ4n) is 5.50. The third-order valence-electron chi connectivity index (χ3n) is 9.81. The summed E-state index contributed by atoms with van der Waals surface area (Å²) >= 11 is 0. The van der Waals surface area contributed by atoms with Gasteiger partial charge in [0.25, 0.3) is 0 Å². The lowest BCUT2D eigenvalue weighted by Crippen LogP contribution is -2.57. The fourth-order valence-corrected chi connectivity index (χ4v) is 15.7. The molecule has 0 aliphatic heterocycles. The summed E-state index contributed by atoms with van der Waals surface area (Å²) in [7, 11) is -1.35. The largest absolute Gasteiger partial charge is 0.496 e. The van der Waals surface area contributed by atoms with Crippen molar-refractivity contribution in [3.8, 4) is 11.5 Å². The molecule has 5 nitrogen and oxygen atoms in total. The summed E-state index contributed by atoms with van der Waals surface area (Å²) in [5.74, 6) is 1.90. The first-order valence-corrected chi connectivity index (χ1v) is 21.7. The van der Waals surface area contributed by atoms with Crippen LogP contribution in [0, 0.1) is 10.8 Å². The molecular formula is C38H62O5Si2. The van der Waals surface area contributed by atoms with Crippen molar-refractivity contribution in [2.75, 3.05) is 14.2 Å². The van der Waals surface area contributed by atoms with Gasteiger partial charge in [0.15, 0.2) is 28.2 Å². The first-order valence-electron chi connectivity index (χ1n) is 16.4. The second-order valence-electron chi connectivity index (χ2n) is 17.3. The van der Waals surface area contributed by atoms with Gasteiger partial charge in [-0.2, -0.15) is 0 Å². The van der Waals surface area contributed by atoms with Gasteiger partial charge in [-0.1, -0.05) is 83.1 Å². The number of carbonyl (C=O) groups is 2. The number of methoxy groups -OCH3 is 2. The van der Waals surface area contributed by atoms with E-state index in [9.17, 15) is 9.59 Å². The summed E-state index contributed by atoms with van der Waals surface area (Å²) in [4.78, 5) is 26.3. The van der Waals surface area contributed by atoms with Crippen molar-refractivity contribution in [1.29, 1.82) is 0 Å². The van der Waals surface area contributed by atoms with Crippen LogP contribution in [0.25, 0.3) is 0 Å². The van der Waals surface area contributed by atoms with Crippen molar-refractivity contribution >= 4 is 28.2 Å². The van der Waals surface area contributed by atoms with E-state index >= 15 is 0 Å². The van der Waals surface area contributed by atoms with Crippen molar-refractivity contribution in [3.63, 3.8) is 0 Å². The standard InChI is InChI=1S/C38H62O5Si2/c1-35(2,3)33(39)29-17-19-31(41-13)27(25-29)21-23-44(15,37(7,8)9)43-45(16,38(10,11)12)24-22-28-26-30(18-20-32(28)42-14)34(40)36(4,5)6/h17-20,25-26H,21-24H2,1-16H3. The molecule has 0 saturated heterocycles. The van der Waals surface area contributed by atoms with Gasteiger partial charge in [0.2, 0.25) is 0 Å². The van der Waals surface area contributed by atoms with Gasteiger partial charge in [-0.25, -0.2) is 0 Å². The number of carbonyl (C=O) groups excluding carboxylic acids is 2. The Labute approximate surface area is 277 Å². The molecule has 0 heterocycles. The topological polar surface area (TPSA) is 61.8 Å². The van der Waals surface area contributed by atoms with Gasteiger partial charge in [-0.15, -0.1) is 0 Å². The van der Waals surface area contributed by atoms with E-state index in [0.29, 0.717) is 0 Å². The maximum absolute atomic E-state index is 13.1. The normalized spacial score (nSPS) is 15.6. The van der Waals surface area contributed by atoms with Crippen LogP contribution in [0.5, 0.6) is 11.5 Å². The summed E-state index contributed by atoms with van der Waals surface area (Å²) in [6.45, 7) is 30.5. The van der Waals surface area contributed by atoms with E-state index in [0.717, 1.165) is 58.7 Å². The summed E-state index contributed by atoms with van der Waals surface area (Å²) < 4.78 is 19.2. The van der Waals surface area contributed by atoms with Crippen molar-refractivity contribution in [2.24, 2.45) is 10.8 Å². The molecule has 2 unspecified atom stereocenters. The van der Waals surface area contributed by atoms with E-state index in [4.69, 9.17) is 13.6 Å². The molecule has 0 N–H and O–H groups in total. The Morgan fingerprint density at radius 1 is 0.578 bits per heavy atom. The van der Waals surface area contributed by atoms with E-state index in [1.165, 1.54) is 0 Å². The van der Waals surface area contributed by atoms with E-state index in [1.54, 1.807) is 14.2 Å². The lowest BCUT2D eigenvalue weighted by atomic mass is 9.86. The Hall–Kier alpha value is -2.23. The van der Waals surface area contributed by atoms with Crippen LogP contribution in [0.15, 0.2) is 36.4 Å². The quantitative estimate of drug-likeness (QED) is 0.168. The molecule has 45 heavy (non-hydrogen) atoms. The Bertz CT molecular complexity index is 1250. The number of benzene rings is 2. The Kier molecular flexibility index (Phi) is 12.0. The van der Waals surface area contributed by atoms with Crippen LogP contribution in [0.2, 0.25) is 35.3 Å². The molecule has 0 bridgehead atoms. The molecule has 2 aromatic rings. The van der Waals surface area contributed by atoms with Gasteiger partial charge in [-0.05, 0) is 95.6 Å². The Balaban J connectivity index is 2.48. The number of rotatable bonds is 12. The third-order valence-corrected chi connectivity index (χ3v) is 22.2. The minimum atomic E-state index is -2.37. The molecule has 0 aliphatic carbocycles. The van der Waals surface area contributed by atoms with Gasteiger partial charge >= 0.3 is 0 Å². The molecule has 7 heteroatoms. The second kappa shape index (κ2) is 13.9. The van der Waals surface area contributed by atoms with Gasteiger partial charge in [0.05, 0.1) is 14.2 Å². The maximum atomic E-state index is 13.1. The van der Waals surface area contributed by atoms with Gasteiger partial charge in [0.1, 0.15) is 11.5 Å². The van der Waals surface area contributed by atoms with Crippen molar-refractivity contribution < 1.29 is 23.2 Å². The summed E-state index contributed by atoms with van der Waals surface area (Å²) in [5.41, 5.74) is 2.67. The highest BCUT2D eigenvalue weighted by atomic mass is 28.4. The number of ketones is 2. The molecular weight excluding hydrogens is 593 g/mol. The van der Waals surface area contributed by atoms with E-state index in [-0.39, 0.29) is 21.6 Å². The third kappa shape index (κ3) is 9.42. The van der Waals surface area contributed by atoms with Crippen LogP contribution in [0.4, 0.5) is 0 Å². The lowest BCUT2D eigenvalue weighted by molar-refractivity contribution is 0.0852. The van der Waals surface area contributed by atoms with Crippen molar-refractivity contribution in [2.45, 2.75) is 131 Å². The van der Waals surface area contributed by atoms with Crippen LogP contribution >= 0.6 is 0 Å². The zero-order chi connectivity index (χ0) is 34.8. The number of Topliss-reactive ketones (excluding diaryl/α,β-unsaturated/α-hetero) is 2. The number of ether oxygens (including phenoxy) is 2. The summed E-state index contributed by atoms with van der Waals surface area (Å²) in [5, 5.41) is -0.0371. The molecule has 252 valence electrons.